The lowest BCUT2D eigenvalue weighted by Crippen LogP contribution is -2.56. The van der Waals surface area contributed by atoms with Gasteiger partial charge in [0.2, 0.25) is 11.8 Å². The molecule has 0 N–H and O–H groups in total. The second-order valence-corrected chi connectivity index (χ2v) is 8.36. The van der Waals surface area contributed by atoms with Gasteiger partial charge in [0, 0.05) is 51.1 Å². The molecular formula is C19H29N3O4. The van der Waals surface area contributed by atoms with E-state index in [1.165, 1.54) is 4.90 Å². The van der Waals surface area contributed by atoms with Crippen molar-refractivity contribution in [3.63, 3.8) is 0 Å². The van der Waals surface area contributed by atoms with Gasteiger partial charge in [-0.2, -0.15) is 0 Å². The molecule has 3 aliphatic heterocycles. The first-order valence-electron chi connectivity index (χ1n) is 10.0. The van der Waals surface area contributed by atoms with Crippen LogP contribution in [0.2, 0.25) is 0 Å². The van der Waals surface area contributed by atoms with Gasteiger partial charge in [-0.25, -0.2) is 4.79 Å². The summed E-state index contributed by atoms with van der Waals surface area (Å²) in [5, 5.41) is 0. The highest BCUT2D eigenvalue weighted by atomic mass is 16.6. The van der Waals surface area contributed by atoms with Gasteiger partial charge in [-0.1, -0.05) is 0 Å². The Morgan fingerprint density at radius 3 is 2.35 bits per heavy atom. The van der Waals surface area contributed by atoms with Gasteiger partial charge in [0.25, 0.3) is 0 Å². The van der Waals surface area contributed by atoms with Crippen molar-refractivity contribution in [1.82, 2.24) is 14.7 Å². The molecule has 0 aromatic rings. The van der Waals surface area contributed by atoms with Gasteiger partial charge in [0.1, 0.15) is 0 Å². The molecule has 0 aromatic heterocycles. The summed E-state index contributed by atoms with van der Waals surface area (Å²) >= 11 is 0. The number of nitrogens with zero attached hydrogens (tertiary/aromatic N) is 3. The summed E-state index contributed by atoms with van der Waals surface area (Å²) in [4.78, 5) is 41.7. The maximum atomic E-state index is 11.9. The molecule has 0 unspecified atom stereocenters. The van der Waals surface area contributed by atoms with Crippen LogP contribution in [0.25, 0.3) is 0 Å². The van der Waals surface area contributed by atoms with Gasteiger partial charge in [-0.15, -0.1) is 0 Å². The fourth-order valence-corrected chi connectivity index (χ4v) is 5.35. The molecule has 4 fully saturated rings. The number of hydrogen-bond acceptors (Lipinski definition) is 5. The third-order valence-corrected chi connectivity index (χ3v) is 6.77. The minimum Gasteiger partial charge on any atom is -0.450 e. The number of piperidine rings is 1. The topological polar surface area (TPSA) is 70.2 Å². The lowest BCUT2D eigenvalue weighted by atomic mass is 9.64. The van der Waals surface area contributed by atoms with Gasteiger partial charge in [-0.05, 0) is 44.4 Å². The molecule has 0 aromatic carbocycles. The molecule has 7 nitrogen and oxygen atoms in total. The first kappa shape index (κ1) is 17.8. The highest BCUT2D eigenvalue weighted by molar-refractivity contribution is 6.02. The molecule has 3 saturated heterocycles. The zero-order valence-corrected chi connectivity index (χ0v) is 15.6. The Kier molecular flexibility index (Phi) is 4.67. The largest absolute Gasteiger partial charge is 0.450 e. The van der Waals surface area contributed by atoms with Crippen LogP contribution in [0.15, 0.2) is 0 Å². The van der Waals surface area contributed by atoms with Crippen molar-refractivity contribution in [3.05, 3.63) is 0 Å². The Morgan fingerprint density at radius 1 is 1.08 bits per heavy atom. The molecule has 3 heterocycles. The number of imide groups is 1. The van der Waals surface area contributed by atoms with E-state index in [1.807, 2.05) is 11.8 Å². The molecule has 0 bridgehead atoms. The maximum absolute atomic E-state index is 11.9. The van der Waals surface area contributed by atoms with E-state index in [9.17, 15) is 14.4 Å². The monoisotopic (exact) mass is 363 g/mol. The van der Waals surface area contributed by atoms with Gasteiger partial charge in [0.05, 0.1) is 6.61 Å². The molecular weight excluding hydrogens is 334 g/mol. The number of likely N-dealkylation sites (tertiary alicyclic amines) is 3. The molecule has 4 aliphatic rings. The molecule has 1 spiro atoms. The van der Waals surface area contributed by atoms with E-state index < -0.39 is 0 Å². The van der Waals surface area contributed by atoms with Gasteiger partial charge in [-0.3, -0.25) is 14.5 Å². The lowest BCUT2D eigenvalue weighted by molar-refractivity contribution is -0.142. The minimum absolute atomic E-state index is 0.0149. The van der Waals surface area contributed by atoms with Gasteiger partial charge < -0.3 is 14.5 Å². The number of ether oxygens (including phenoxy) is 1. The van der Waals surface area contributed by atoms with Crippen molar-refractivity contribution in [3.8, 4) is 0 Å². The molecule has 1 aliphatic carbocycles. The van der Waals surface area contributed by atoms with E-state index in [1.54, 1.807) is 0 Å². The van der Waals surface area contributed by atoms with Crippen molar-refractivity contribution in [1.29, 1.82) is 0 Å². The van der Waals surface area contributed by atoms with Gasteiger partial charge >= 0.3 is 6.09 Å². The Balaban J connectivity index is 1.24. The van der Waals surface area contributed by atoms with Crippen molar-refractivity contribution < 1.29 is 19.1 Å². The normalized spacial score (nSPS) is 33.2. The molecule has 144 valence electrons. The first-order chi connectivity index (χ1) is 12.5. The summed E-state index contributed by atoms with van der Waals surface area (Å²) < 4.78 is 5.13. The van der Waals surface area contributed by atoms with Crippen LogP contribution < -0.4 is 0 Å². The third kappa shape index (κ3) is 3.10. The van der Waals surface area contributed by atoms with Crippen molar-refractivity contribution >= 4 is 17.9 Å². The molecule has 1 saturated carbocycles. The molecule has 0 atom stereocenters. The predicted molar refractivity (Wildman–Crippen MR) is 94.3 cm³/mol. The van der Waals surface area contributed by atoms with Crippen LogP contribution in [0, 0.1) is 5.41 Å². The number of amides is 3. The van der Waals surface area contributed by atoms with Crippen LogP contribution in [0.5, 0.6) is 0 Å². The van der Waals surface area contributed by atoms with E-state index in [2.05, 4.69) is 4.90 Å². The minimum atomic E-state index is -0.173. The Hall–Kier alpha value is -1.63. The van der Waals surface area contributed by atoms with E-state index in [0.717, 1.165) is 58.3 Å². The summed E-state index contributed by atoms with van der Waals surface area (Å²) in [6, 6.07) is 0.691. The highest BCUT2D eigenvalue weighted by Gasteiger charge is 2.51. The fraction of sp³-hybridized carbons (Fsp3) is 0.842. The fourth-order valence-electron chi connectivity index (χ4n) is 5.35. The van der Waals surface area contributed by atoms with Gasteiger partial charge in [0.15, 0.2) is 0 Å². The average molecular weight is 363 g/mol. The van der Waals surface area contributed by atoms with E-state index in [0.29, 0.717) is 25.5 Å². The smallest absolute Gasteiger partial charge is 0.409 e. The summed E-state index contributed by atoms with van der Waals surface area (Å²) in [5.41, 5.74) is 0.287. The van der Waals surface area contributed by atoms with Crippen LogP contribution in [0.3, 0.4) is 0 Å². The second kappa shape index (κ2) is 6.83. The maximum Gasteiger partial charge on any atom is 0.409 e. The predicted octanol–water partition coefficient (Wildman–Crippen LogP) is 1.61. The zero-order valence-electron chi connectivity index (χ0n) is 15.6. The van der Waals surface area contributed by atoms with Crippen LogP contribution in [0.4, 0.5) is 4.79 Å². The zero-order chi connectivity index (χ0) is 18.3. The number of carbonyl (C=O) groups is 3. The van der Waals surface area contributed by atoms with Crippen LogP contribution in [-0.4, -0.2) is 77.5 Å². The summed E-state index contributed by atoms with van der Waals surface area (Å²) in [7, 11) is 0. The van der Waals surface area contributed by atoms with Crippen molar-refractivity contribution in [2.24, 2.45) is 5.41 Å². The van der Waals surface area contributed by atoms with Crippen LogP contribution in [0.1, 0.15) is 51.9 Å². The van der Waals surface area contributed by atoms with E-state index in [4.69, 9.17) is 4.74 Å². The molecule has 4 rings (SSSR count). The van der Waals surface area contributed by atoms with E-state index >= 15 is 0 Å². The second-order valence-electron chi connectivity index (χ2n) is 8.36. The highest BCUT2D eigenvalue weighted by Crippen LogP contribution is 2.50. The van der Waals surface area contributed by atoms with Crippen LogP contribution in [-0.2, 0) is 14.3 Å². The summed E-state index contributed by atoms with van der Waals surface area (Å²) in [6.45, 7) is 5.84. The standard InChI is InChI=1S/C19H29N3O4/c1-2-26-18(25)21-10-7-19(13-21)11-15(12-19)20-8-5-14(6-9-20)22-16(23)3-4-17(22)24/h14-15H,2-13H2,1H3. The third-order valence-electron chi connectivity index (χ3n) is 6.77. The average Bonchev–Trinajstić information content (AvgIpc) is 3.19. The molecule has 3 amide bonds. The number of carbonyl (C=O) groups excluding carboxylic acids is 3. The Bertz CT molecular complexity index is 578. The summed E-state index contributed by atoms with van der Waals surface area (Å²) in [5.74, 6) is 0.0297. The Morgan fingerprint density at radius 2 is 1.73 bits per heavy atom. The lowest BCUT2D eigenvalue weighted by Gasteiger charge is -2.52. The summed E-state index contributed by atoms with van der Waals surface area (Å²) in [6.07, 6.45) is 5.78. The van der Waals surface area contributed by atoms with Crippen LogP contribution >= 0.6 is 0 Å². The van der Waals surface area contributed by atoms with Crippen molar-refractivity contribution in [2.45, 2.75) is 64.0 Å². The SMILES string of the molecule is CCOC(=O)N1CCC2(CC(N3CCC(N4C(=O)CCC4=O)CC3)C2)C1. The van der Waals surface area contributed by atoms with E-state index in [-0.39, 0.29) is 29.4 Å². The van der Waals surface area contributed by atoms with Crippen molar-refractivity contribution in [2.75, 3.05) is 32.8 Å². The molecule has 0 radical (unpaired) electrons. The Labute approximate surface area is 154 Å². The quantitative estimate of drug-likeness (QED) is 0.713. The number of hydrogen-bond donors (Lipinski definition) is 0. The number of rotatable bonds is 3. The first-order valence-corrected chi connectivity index (χ1v) is 10.0. The molecule has 26 heavy (non-hydrogen) atoms. The molecule has 7 heteroatoms.